The van der Waals surface area contributed by atoms with E-state index in [2.05, 4.69) is 15.1 Å². The Bertz CT molecular complexity index is 284. The quantitative estimate of drug-likeness (QED) is 0.780. The molecule has 18 heavy (non-hydrogen) atoms. The van der Waals surface area contributed by atoms with Gasteiger partial charge in [-0.05, 0) is 38.8 Å². The molecule has 4 nitrogen and oxygen atoms in total. The summed E-state index contributed by atoms with van der Waals surface area (Å²) in [6, 6.07) is 0.770. The molecule has 0 bridgehead atoms. The van der Waals surface area contributed by atoms with Crippen LogP contribution in [-0.4, -0.2) is 60.5 Å². The van der Waals surface area contributed by atoms with Gasteiger partial charge in [0, 0.05) is 25.7 Å². The first-order chi connectivity index (χ1) is 7.84. The van der Waals surface area contributed by atoms with Crippen molar-refractivity contribution in [1.82, 2.24) is 15.1 Å². The van der Waals surface area contributed by atoms with Crippen LogP contribution in [0.3, 0.4) is 0 Å². The first-order valence-corrected chi connectivity index (χ1v) is 6.61. The van der Waals surface area contributed by atoms with E-state index in [4.69, 9.17) is 0 Å². The molecule has 3 fully saturated rings. The molecule has 1 amide bonds. The molecular formula is C12H23Cl2N3O. The minimum Gasteiger partial charge on any atom is -0.338 e. The van der Waals surface area contributed by atoms with Gasteiger partial charge in [0.05, 0.1) is 6.04 Å². The van der Waals surface area contributed by atoms with E-state index in [9.17, 15) is 4.79 Å². The second kappa shape index (κ2) is 6.94. The van der Waals surface area contributed by atoms with Crippen LogP contribution in [0.5, 0.6) is 0 Å². The largest absolute Gasteiger partial charge is 0.338 e. The van der Waals surface area contributed by atoms with Gasteiger partial charge < -0.3 is 10.2 Å². The second-order valence-corrected chi connectivity index (χ2v) is 5.27. The minimum atomic E-state index is 0. The normalized spacial score (nSPS) is 31.4. The van der Waals surface area contributed by atoms with Crippen molar-refractivity contribution in [1.29, 1.82) is 0 Å². The lowest BCUT2D eigenvalue weighted by Crippen LogP contribution is -2.55. The number of amides is 1. The summed E-state index contributed by atoms with van der Waals surface area (Å²) in [7, 11) is 0. The number of piperazine rings is 1. The number of nitrogens with zero attached hydrogens (tertiary/aromatic N) is 2. The van der Waals surface area contributed by atoms with E-state index >= 15 is 0 Å². The van der Waals surface area contributed by atoms with Crippen molar-refractivity contribution in [3.8, 4) is 0 Å². The first-order valence-electron chi connectivity index (χ1n) is 6.61. The Labute approximate surface area is 121 Å². The monoisotopic (exact) mass is 295 g/mol. The summed E-state index contributed by atoms with van der Waals surface area (Å²) in [5.41, 5.74) is 0. The molecule has 3 aliphatic rings. The lowest BCUT2D eigenvalue weighted by Gasteiger charge is -2.38. The summed E-state index contributed by atoms with van der Waals surface area (Å²) < 4.78 is 0. The standard InChI is InChI=1S/C12H21N3O.2ClH/c16-12(11-4-1-5-13-11)15-8-7-14-6-2-3-10(14)9-15;;/h10-11,13H,1-9H2;2*1H/t10?,11-;;/m0../s1. The van der Waals surface area contributed by atoms with E-state index in [1.165, 1.54) is 19.4 Å². The molecule has 0 spiro atoms. The van der Waals surface area contributed by atoms with Gasteiger partial charge in [-0.15, -0.1) is 24.8 Å². The van der Waals surface area contributed by atoms with Crippen LogP contribution in [0.15, 0.2) is 0 Å². The zero-order valence-corrected chi connectivity index (χ0v) is 12.3. The second-order valence-electron chi connectivity index (χ2n) is 5.27. The summed E-state index contributed by atoms with van der Waals surface area (Å²) in [5, 5.41) is 3.31. The topological polar surface area (TPSA) is 35.6 Å². The Morgan fingerprint density at radius 3 is 2.61 bits per heavy atom. The summed E-state index contributed by atoms with van der Waals surface area (Å²) in [5.74, 6) is 0.351. The third kappa shape index (κ3) is 3.10. The molecule has 0 aromatic rings. The fraction of sp³-hybridized carbons (Fsp3) is 0.917. The summed E-state index contributed by atoms with van der Waals surface area (Å²) in [6.07, 6.45) is 4.78. The molecule has 0 aromatic heterocycles. The molecular weight excluding hydrogens is 273 g/mol. The average Bonchev–Trinajstić information content (AvgIpc) is 2.98. The van der Waals surface area contributed by atoms with E-state index in [1.807, 2.05) is 0 Å². The Morgan fingerprint density at radius 1 is 1.06 bits per heavy atom. The predicted molar refractivity (Wildman–Crippen MR) is 76.7 cm³/mol. The van der Waals surface area contributed by atoms with Crippen LogP contribution in [0, 0.1) is 0 Å². The number of halogens is 2. The van der Waals surface area contributed by atoms with Crippen LogP contribution in [0.1, 0.15) is 25.7 Å². The molecule has 3 saturated heterocycles. The van der Waals surface area contributed by atoms with Crippen LogP contribution < -0.4 is 5.32 Å². The van der Waals surface area contributed by atoms with E-state index in [0.717, 1.165) is 39.0 Å². The lowest BCUT2D eigenvalue weighted by atomic mass is 10.1. The number of carbonyl (C=O) groups is 1. The molecule has 3 heterocycles. The number of fused-ring (bicyclic) bond motifs is 1. The van der Waals surface area contributed by atoms with Crippen LogP contribution in [0.25, 0.3) is 0 Å². The van der Waals surface area contributed by atoms with Gasteiger partial charge in [-0.2, -0.15) is 0 Å². The van der Waals surface area contributed by atoms with Crippen LogP contribution >= 0.6 is 24.8 Å². The number of rotatable bonds is 1. The molecule has 0 radical (unpaired) electrons. The van der Waals surface area contributed by atoms with Crippen LogP contribution in [-0.2, 0) is 4.79 Å². The molecule has 6 heteroatoms. The number of hydrogen-bond acceptors (Lipinski definition) is 3. The number of nitrogens with one attached hydrogen (secondary N) is 1. The van der Waals surface area contributed by atoms with E-state index < -0.39 is 0 Å². The Kier molecular flexibility index (Phi) is 6.18. The van der Waals surface area contributed by atoms with Crippen molar-refractivity contribution in [2.45, 2.75) is 37.8 Å². The highest BCUT2D eigenvalue weighted by Gasteiger charge is 2.35. The molecule has 0 aromatic carbocycles. The minimum absolute atomic E-state index is 0. The maximum atomic E-state index is 12.2. The van der Waals surface area contributed by atoms with Gasteiger partial charge in [0.1, 0.15) is 0 Å². The maximum absolute atomic E-state index is 12.2. The highest BCUT2D eigenvalue weighted by atomic mass is 35.5. The molecule has 2 atom stereocenters. The fourth-order valence-electron chi connectivity index (χ4n) is 3.31. The maximum Gasteiger partial charge on any atom is 0.239 e. The molecule has 3 aliphatic heterocycles. The summed E-state index contributed by atoms with van der Waals surface area (Å²) in [4.78, 5) is 16.9. The van der Waals surface area contributed by atoms with Crippen molar-refractivity contribution < 1.29 is 4.79 Å². The smallest absolute Gasteiger partial charge is 0.239 e. The van der Waals surface area contributed by atoms with Gasteiger partial charge in [0.15, 0.2) is 0 Å². The highest BCUT2D eigenvalue weighted by Crippen LogP contribution is 2.22. The van der Waals surface area contributed by atoms with Gasteiger partial charge in [0.25, 0.3) is 0 Å². The zero-order chi connectivity index (χ0) is 11.0. The van der Waals surface area contributed by atoms with Crippen molar-refractivity contribution >= 4 is 30.7 Å². The molecule has 0 saturated carbocycles. The van der Waals surface area contributed by atoms with Crippen molar-refractivity contribution in [3.05, 3.63) is 0 Å². The molecule has 1 unspecified atom stereocenters. The third-order valence-electron chi connectivity index (χ3n) is 4.26. The van der Waals surface area contributed by atoms with Crippen LogP contribution in [0.2, 0.25) is 0 Å². The lowest BCUT2D eigenvalue weighted by molar-refractivity contribution is -0.135. The summed E-state index contributed by atoms with van der Waals surface area (Å²) in [6.45, 7) is 5.25. The molecule has 106 valence electrons. The van der Waals surface area contributed by atoms with Crippen LogP contribution in [0.4, 0.5) is 0 Å². The fourth-order valence-corrected chi connectivity index (χ4v) is 3.31. The van der Waals surface area contributed by atoms with Gasteiger partial charge in [-0.1, -0.05) is 0 Å². The SMILES string of the molecule is Cl.Cl.O=C([C@@H]1CCCN1)N1CCN2CCCC2C1. The molecule has 1 N–H and O–H groups in total. The van der Waals surface area contributed by atoms with E-state index in [0.29, 0.717) is 11.9 Å². The molecule has 0 aliphatic carbocycles. The summed E-state index contributed by atoms with van der Waals surface area (Å²) >= 11 is 0. The van der Waals surface area contributed by atoms with Gasteiger partial charge in [0.2, 0.25) is 5.91 Å². The molecule has 3 rings (SSSR count). The highest BCUT2D eigenvalue weighted by molar-refractivity contribution is 5.85. The Hall–Kier alpha value is -0.0300. The van der Waals surface area contributed by atoms with Gasteiger partial charge in [-0.3, -0.25) is 9.69 Å². The van der Waals surface area contributed by atoms with Gasteiger partial charge >= 0.3 is 0 Å². The first kappa shape index (κ1) is 16.0. The Balaban J connectivity index is 0.000000810. The third-order valence-corrected chi connectivity index (χ3v) is 4.26. The average molecular weight is 296 g/mol. The zero-order valence-electron chi connectivity index (χ0n) is 10.6. The van der Waals surface area contributed by atoms with Crippen molar-refractivity contribution in [3.63, 3.8) is 0 Å². The predicted octanol–water partition coefficient (Wildman–Crippen LogP) is 0.889. The van der Waals surface area contributed by atoms with Crippen molar-refractivity contribution in [2.24, 2.45) is 0 Å². The van der Waals surface area contributed by atoms with Crippen molar-refractivity contribution in [2.75, 3.05) is 32.7 Å². The van der Waals surface area contributed by atoms with Gasteiger partial charge in [-0.25, -0.2) is 0 Å². The number of carbonyl (C=O) groups excluding carboxylic acids is 1. The van der Waals surface area contributed by atoms with E-state index in [1.54, 1.807) is 0 Å². The van der Waals surface area contributed by atoms with E-state index in [-0.39, 0.29) is 30.9 Å². The number of hydrogen-bond donors (Lipinski definition) is 1. The Morgan fingerprint density at radius 2 is 1.89 bits per heavy atom.